The van der Waals surface area contributed by atoms with Gasteiger partial charge in [0.1, 0.15) is 5.76 Å². The van der Waals surface area contributed by atoms with Crippen LogP contribution in [0.1, 0.15) is 17.2 Å². The van der Waals surface area contributed by atoms with Crippen LogP contribution >= 0.6 is 11.6 Å². The number of amides is 1. The monoisotopic (exact) mass is 373 g/mol. The van der Waals surface area contributed by atoms with Gasteiger partial charge in [-0.15, -0.1) is 0 Å². The first kappa shape index (κ1) is 17.8. The number of halogens is 1. The Bertz CT molecular complexity index is 905. The minimum absolute atomic E-state index is 0.0236. The number of methoxy groups -OCH3 is 2. The normalized spacial score (nSPS) is 18.5. The first-order chi connectivity index (χ1) is 12.5. The average molecular weight is 374 g/mol. The number of carbonyl (C=O) groups is 2. The van der Waals surface area contributed by atoms with Gasteiger partial charge in [0, 0.05) is 10.6 Å². The summed E-state index contributed by atoms with van der Waals surface area (Å²) in [6, 6.07) is 10.5. The highest BCUT2D eigenvalue weighted by molar-refractivity contribution is 6.46. The first-order valence-corrected chi connectivity index (χ1v) is 8.10. The number of hydrogen-bond donors (Lipinski definition) is 2. The van der Waals surface area contributed by atoms with Gasteiger partial charge in [-0.25, -0.2) is 0 Å². The second kappa shape index (κ2) is 7.09. The van der Waals surface area contributed by atoms with Crippen LogP contribution in [0.4, 0.5) is 0 Å². The minimum Gasteiger partial charge on any atom is -0.507 e. The molecule has 2 N–H and O–H groups in total. The van der Waals surface area contributed by atoms with Crippen LogP contribution < -0.4 is 14.8 Å². The molecule has 1 aliphatic rings. The molecule has 1 amide bonds. The molecule has 2 aromatic carbocycles. The lowest BCUT2D eigenvalue weighted by molar-refractivity contribution is -0.133. The number of hydrogen-bond acceptors (Lipinski definition) is 5. The highest BCUT2D eigenvalue weighted by Gasteiger charge is 2.39. The third-order valence-corrected chi connectivity index (χ3v) is 4.38. The van der Waals surface area contributed by atoms with Crippen molar-refractivity contribution in [2.45, 2.75) is 6.04 Å². The van der Waals surface area contributed by atoms with Crippen LogP contribution in [0.2, 0.25) is 5.02 Å². The molecule has 0 aromatic heterocycles. The van der Waals surface area contributed by atoms with E-state index in [0.29, 0.717) is 27.6 Å². The van der Waals surface area contributed by atoms with E-state index in [9.17, 15) is 14.7 Å². The number of benzene rings is 2. The van der Waals surface area contributed by atoms with Gasteiger partial charge in [0.05, 0.1) is 25.8 Å². The van der Waals surface area contributed by atoms with Gasteiger partial charge in [0.25, 0.3) is 11.7 Å². The molecule has 134 valence electrons. The largest absolute Gasteiger partial charge is 0.507 e. The van der Waals surface area contributed by atoms with Crippen molar-refractivity contribution >= 4 is 29.1 Å². The van der Waals surface area contributed by atoms with Crippen LogP contribution in [-0.4, -0.2) is 31.0 Å². The Kier molecular flexibility index (Phi) is 4.86. The second-order valence-electron chi connectivity index (χ2n) is 5.62. The van der Waals surface area contributed by atoms with Gasteiger partial charge in [0.2, 0.25) is 0 Å². The fraction of sp³-hybridized carbons (Fsp3) is 0.158. The number of Topliss-reactive ketones (excluding diaryl/α,β-unsaturated/α-hetero) is 1. The van der Waals surface area contributed by atoms with Crippen LogP contribution in [0.15, 0.2) is 48.0 Å². The highest BCUT2D eigenvalue weighted by Crippen LogP contribution is 2.37. The Hall–Kier alpha value is -2.99. The summed E-state index contributed by atoms with van der Waals surface area (Å²) in [5, 5.41) is 13.7. The van der Waals surface area contributed by atoms with E-state index in [1.807, 2.05) is 0 Å². The van der Waals surface area contributed by atoms with Crippen molar-refractivity contribution in [2.75, 3.05) is 14.2 Å². The number of aliphatic hydroxyl groups excluding tert-OH is 1. The second-order valence-corrected chi connectivity index (χ2v) is 6.06. The summed E-state index contributed by atoms with van der Waals surface area (Å²) >= 11 is 5.86. The molecule has 0 unspecified atom stereocenters. The Morgan fingerprint density at radius 3 is 2.31 bits per heavy atom. The Morgan fingerprint density at radius 1 is 1.04 bits per heavy atom. The van der Waals surface area contributed by atoms with E-state index >= 15 is 0 Å². The number of rotatable bonds is 4. The van der Waals surface area contributed by atoms with Crippen molar-refractivity contribution in [1.29, 1.82) is 0 Å². The van der Waals surface area contributed by atoms with E-state index in [0.717, 1.165) is 0 Å². The van der Waals surface area contributed by atoms with Crippen LogP contribution in [-0.2, 0) is 9.59 Å². The smallest absolute Gasteiger partial charge is 0.293 e. The standard InChI is InChI=1S/C19H16ClNO5/c1-25-13-8-5-11(9-14(13)26-2)16-15(18(23)19(24)21-16)17(22)10-3-6-12(20)7-4-10/h3-9,16,22H,1-2H3,(H,21,24)/t16-/m0/s1. The molecule has 0 spiro atoms. The number of carbonyl (C=O) groups excluding carboxylic acids is 2. The molecule has 26 heavy (non-hydrogen) atoms. The quantitative estimate of drug-likeness (QED) is 0.489. The molecule has 0 radical (unpaired) electrons. The van der Waals surface area contributed by atoms with E-state index in [1.165, 1.54) is 14.2 Å². The lowest BCUT2D eigenvalue weighted by Gasteiger charge is -2.16. The van der Waals surface area contributed by atoms with E-state index < -0.39 is 17.7 Å². The summed E-state index contributed by atoms with van der Waals surface area (Å²) in [4.78, 5) is 24.3. The predicted octanol–water partition coefficient (Wildman–Crippen LogP) is 3.07. The molecule has 1 fully saturated rings. The molecule has 0 saturated carbocycles. The van der Waals surface area contributed by atoms with Gasteiger partial charge in [-0.05, 0) is 42.0 Å². The lowest BCUT2D eigenvalue weighted by atomic mass is 9.95. The summed E-state index contributed by atoms with van der Waals surface area (Å²) in [5.41, 5.74) is 0.946. The van der Waals surface area contributed by atoms with E-state index in [2.05, 4.69) is 5.32 Å². The van der Waals surface area contributed by atoms with Crippen molar-refractivity contribution < 1.29 is 24.2 Å². The fourth-order valence-corrected chi connectivity index (χ4v) is 2.94. The maximum absolute atomic E-state index is 12.3. The molecule has 0 bridgehead atoms. The first-order valence-electron chi connectivity index (χ1n) is 7.72. The summed E-state index contributed by atoms with van der Waals surface area (Å²) in [5.74, 6) is -0.870. The zero-order valence-electron chi connectivity index (χ0n) is 14.1. The van der Waals surface area contributed by atoms with Crippen molar-refractivity contribution in [3.05, 3.63) is 64.2 Å². The Balaban J connectivity index is 2.11. The van der Waals surface area contributed by atoms with Crippen LogP contribution in [0, 0.1) is 0 Å². The number of nitrogens with one attached hydrogen (secondary N) is 1. The molecule has 0 aliphatic carbocycles. The van der Waals surface area contributed by atoms with Gasteiger partial charge in [0.15, 0.2) is 11.5 Å². The van der Waals surface area contributed by atoms with Gasteiger partial charge >= 0.3 is 0 Å². The zero-order chi connectivity index (χ0) is 18.8. The fourth-order valence-electron chi connectivity index (χ4n) is 2.81. The third-order valence-electron chi connectivity index (χ3n) is 4.13. The van der Waals surface area contributed by atoms with E-state index in [1.54, 1.807) is 42.5 Å². The predicted molar refractivity (Wildman–Crippen MR) is 96.4 cm³/mol. The van der Waals surface area contributed by atoms with Gasteiger partial charge in [-0.3, -0.25) is 9.59 Å². The molecule has 6 nitrogen and oxygen atoms in total. The topological polar surface area (TPSA) is 84.9 Å². The van der Waals surface area contributed by atoms with Gasteiger partial charge < -0.3 is 19.9 Å². The maximum Gasteiger partial charge on any atom is 0.293 e. The third kappa shape index (κ3) is 3.11. The SMILES string of the molecule is COc1ccc([C@@H]2NC(=O)C(=O)C2=C(O)c2ccc(Cl)cc2)cc1OC. The minimum atomic E-state index is -0.800. The van der Waals surface area contributed by atoms with Crippen molar-refractivity contribution in [3.8, 4) is 11.5 Å². The Labute approximate surface area is 155 Å². The van der Waals surface area contributed by atoms with Crippen LogP contribution in [0.5, 0.6) is 11.5 Å². The van der Waals surface area contributed by atoms with Crippen molar-refractivity contribution in [2.24, 2.45) is 0 Å². The molecule has 1 saturated heterocycles. The molecule has 1 heterocycles. The number of ketones is 1. The summed E-state index contributed by atoms with van der Waals surface area (Å²) < 4.78 is 10.5. The molecular formula is C19H16ClNO5. The molecule has 7 heteroatoms. The molecule has 3 rings (SSSR count). The average Bonchev–Trinajstić information content (AvgIpc) is 2.96. The number of aliphatic hydroxyl groups is 1. The maximum atomic E-state index is 12.3. The van der Waals surface area contributed by atoms with Crippen molar-refractivity contribution in [1.82, 2.24) is 5.32 Å². The van der Waals surface area contributed by atoms with Crippen molar-refractivity contribution in [3.63, 3.8) is 0 Å². The molecule has 2 aromatic rings. The lowest BCUT2D eigenvalue weighted by Crippen LogP contribution is -2.21. The Morgan fingerprint density at radius 2 is 1.69 bits per heavy atom. The van der Waals surface area contributed by atoms with E-state index in [4.69, 9.17) is 21.1 Å². The highest BCUT2D eigenvalue weighted by atomic mass is 35.5. The molecular weight excluding hydrogens is 358 g/mol. The summed E-state index contributed by atoms with van der Waals surface area (Å²) in [6.45, 7) is 0. The zero-order valence-corrected chi connectivity index (χ0v) is 14.8. The number of ether oxygens (including phenoxy) is 2. The van der Waals surface area contributed by atoms with Gasteiger partial charge in [-0.1, -0.05) is 17.7 Å². The van der Waals surface area contributed by atoms with Crippen LogP contribution in [0.25, 0.3) is 5.76 Å². The summed E-state index contributed by atoms with van der Waals surface area (Å²) in [6.07, 6.45) is 0. The molecule has 1 atom stereocenters. The molecule has 1 aliphatic heterocycles. The van der Waals surface area contributed by atoms with E-state index in [-0.39, 0.29) is 11.3 Å². The summed E-state index contributed by atoms with van der Waals surface area (Å²) in [7, 11) is 3.00. The van der Waals surface area contributed by atoms with Crippen LogP contribution in [0.3, 0.4) is 0 Å². The van der Waals surface area contributed by atoms with Gasteiger partial charge in [-0.2, -0.15) is 0 Å².